The van der Waals surface area contributed by atoms with Gasteiger partial charge in [-0.25, -0.2) is 0 Å². The van der Waals surface area contributed by atoms with Crippen molar-refractivity contribution in [2.45, 2.75) is 58.6 Å². The molecule has 2 N–H and O–H groups in total. The maximum absolute atomic E-state index is 12.1. The van der Waals surface area contributed by atoms with E-state index in [0.717, 1.165) is 6.42 Å². The number of carbonyl (C=O) groups excluding carboxylic acids is 1. The van der Waals surface area contributed by atoms with Crippen LogP contribution in [0.25, 0.3) is 0 Å². The molecule has 0 aliphatic heterocycles. The maximum atomic E-state index is 12.1. The molecule has 118 valence electrons. The molecule has 0 unspecified atom stereocenters. The van der Waals surface area contributed by atoms with E-state index >= 15 is 0 Å². The minimum absolute atomic E-state index is 0.0805. The van der Waals surface area contributed by atoms with Crippen LogP contribution in [0.4, 0.5) is 0 Å². The molecule has 1 aromatic rings. The Labute approximate surface area is 127 Å². The topological polar surface area (TPSA) is 58.6 Å². The molecule has 21 heavy (non-hydrogen) atoms. The van der Waals surface area contributed by atoms with Crippen LogP contribution < -0.4 is 10.1 Å². The zero-order valence-corrected chi connectivity index (χ0v) is 13.7. The van der Waals surface area contributed by atoms with Crippen LogP contribution in [0.15, 0.2) is 24.3 Å². The zero-order valence-electron chi connectivity index (χ0n) is 13.7. The van der Waals surface area contributed by atoms with Gasteiger partial charge in [0, 0.05) is 24.1 Å². The normalized spacial score (nSPS) is 12.1. The number of carbonyl (C=O) groups is 1. The predicted octanol–water partition coefficient (Wildman–Crippen LogP) is 3.14. The van der Waals surface area contributed by atoms with Crippen molar-refractivity contribution < 1.29 is 14.6 Å². The highest BCUT2D eigenvalue weighted by Crippen LogP contribution is 2.21. The SMILES string of the molecule is CCC(C)(C)NC(=O)c1ccc(OC(C)(C)CCO)cc1. The van der Waals surface area contributed by atoms with Crippen molar-refractivity contribution >= 4 is 5.91 Å². The lowest BCUT2D eigenvalue weighted by Crippen LogP contribution is -2.42. The Balaban J connectivity index is 2.72. The zero-order chi connectivity index (χ0) is 16.1. The maximum Gasteiger partial charge on any atom is 0.251 e. The van der Waals surface area contributed by atoms with Gasteiger partial charge in [-0.15, -0.1) is 0 Å². The number of ether oxygens (including phenoxy) is 1. The fourth-order valence-electron chi connectivity index (χ4n) is 1.78. The molecule has 0 spiro atoms. The lowest BCUT2D eigenvalue weighted by Gasteiger charge is -2.26. The van der Waals surface area contributed by atoms with E-state index in [1.165, 1.54) is 0 Å². The first-order valence-corrected chi connectivity index (χ1v) is 7.41. The molecule has 0 atom stereocenters. The molecule has 0 radical (unpaired) electrons. The molecule has 0 fully saturated rings. The van der Waals surface area contributed by atoms with Gasteiger partial charge in [-0.2, -0.15) is 0 Å². The van der Waals surface area contributed by atoms with Crippen LogP contribution in [-0.2, 0) is 0 Å². The summed E-state index contributed by atoms with van der Waals surface area (Å²) in [7, 11) is 0. The monoisotopic (exact) mass is 293 g/mol. The third kappa shape index (κ3) is 5.76. The van der Waals surface area contributed by atoms with Gasteiger partial charge in [0.05, 0.1) is 0 Å². The molecule has 4 nitrogen and oxygen atoms in total. The smallest absolute Gasteiger partial charge is 0.251 e. The Morgan fingerprint density at radius 2 is 1.76 bits per heavy atom. The minimum atomic E-state index is -0.428. The average Bonchev–Trinajstić information content (AvgIpc) is 2.38. The van der Waals surface area contributed by atoms with Crippen LogP contribution in [0.3, 0.4) is 0 Å². The first-order chi connectivity index (χ1) is 9.69. The van der Waals surface area contributed by atoms with E-state index in [1.807, 2.05) is 34.6 Å². The van der Waals surface area contributed by atoms with Gasteiger partial charge in [0.1, 0.15) is 11.4 Å². The molecule has 1 amide bonds. The van der Waals surface area contributed by atoms with Gasteiger partial charge in [-0.3, -0.25) is 4.79 Å². The highest BCUT2D eigenvalue weighted by atomic mass is 16.5. The van der Waals surface area contributed by atoms with Gasteiger partial charge in [0.15, 0.2) is 0 Å². The van der Waals surface area contributed by atoms with Gasteiger partial charge < -0.3 is 15.2 Å². The van der Waals surface area contributed by atoms with Crippen LogP contribution in [-0.4, -0.2) is 28.8 Å². The highest BCUT2D eigenvalue weighted by Gasteiger charge is 2.20. The van der Waals surface area contributed by atoms with Crippen molar-refractivity contribution in [1.82, 2.24) is 5.32 Å². The molecule has 0 aliphatic rings. The third-order valence-electron chi connectivity index (χ3n) is 3.56. The molecule has 0 saturated carbocycles. The van der Waals surface area contributed by atoms with Crippen LogP contribution >= 0.6 is 0 Å². The van der Waals surface area contributed by atoms with Gasteiger partial charge in [-0.05, 0) is 58.4 Å². The van der Waals surface area contributed by atoms with E-state index < -0.39 is 5.60 Å². The van der Waals surface area contributed by atoms with E-state index in [0.29, 0.717) is 17.7 Å². The number of aliphatic hydroxyl groups is 1. The molecule has 0 aromatic heterocycles. The Morgan fingerprint density at radius 3 is 2.24 bits per heavy atom. The Hall–Kier alpha value is -1.55. The van der Waals surface area contributed by atoms with Crippen molar-refractivity contribution in [2.75, 3.05) is 6.61 Å². The Kier molecular flexibility index (Phi) is 5.78. The molecular weight excluding hydrogens is 266 g/mol. The standard InChI is InChI=1S/C17H27NO3/c1-6-16(2,3)18-15(20)13-7-9-14(10-8-13)21-17(4,5)11-12-19/h7-10,19H,6,11-12H2,1-5H3,(H,18,20). The fourth-order valence-corrected chi connectivity index (χ4v) is 1.78. The fraction of sp³-hybridized carbons (Fsp3) is 0.588. The van der Waals surface area contributed by atoms with Crippen molar-refractivity contribution in [3.05, 3.63) is 29.8 Å². The second-order valence-corrected chi connectivity index (χ2v) is 6.55. The van der Waals surface area contributed by atoms with E-state index in [1.54, 1.807) is 24.3 Å². The summed E-state index contributed by atoms with van der Waals surface area (Å²) in [6.07, 6.45) is 1.43. The number of hydrogen-bond acceptors (Lipinski definition) is 3. The predicted molar refractivity (Wildman–Crippen MR) is 84.7 cm³/mol. The van der Waals surface area contributed by atoms with E-state index in [9.17, 15) is 4.79 Å². The largest absolute Gasteiger partial charge is 0.488 e. The van der Waals surface area contributed by atoms with E-state index in [4.69, 9.17) is 9.84 Å². The van der Waals surface area contributed by atoms with Crippen LogP contribution in [0.2, 0.25) is 0 Å². The summed E-state index contributed by atoms with van der Waals surface area (Å²) in [5.41, 5.74) is -0.0261. The first-order valence-electron chi connectivity index (χ1n) is 7.41. The Morgan fingerprint density at radius 1 is 1.19 bits per heavy atom. The summed E-state index contributed by atoms with van der Waals surface area (Å²) < 4.78 is 5.81. The molecule has 0 aliphatic carbocycles. The molecule has 0 saturated heterocycles. The van der Waals surface area contributed by atoms with Crippen LogP contribution in [0.1, 0.15) is 57.8 Å². The average molecular weight is 293 g/mol. The lowest BCUT2D eigenvalue weighted by atomic mass is 10.0. The molecule has 1 rings (SSSR count). The van der Waals surface area contributed by atoms with Crippen LogP contribution in [0, 0.1) is 0 Å². The molecule has 4 heteroatoms. The number of benzene rings is 1. The molecular formula is C17H27NO3. The number of nitrogens with one attached hydrogen (secondary N) is 1. The second kappa shape index (κ2) is 6.94. The highest BCUT2D eigenvalue weighted by molar-refractivity contribution is 5.94. The van der Waals surface area contributed by atoms with E-state index in [-0.39, 0.29) is 18.1 Å². The van der Waals surface area contributed by atoms with Crippen molar-refractivity contribution in [1.29, 1.82) is 0 Å². The van der Waals surface area contributed by atoms with E-state index in [2.05, 4.69) is 5.32 Å². The van der Waals surface area contributed by atoms with Crippen molar-refractivity contribution in [3.8, 4) is 5.75 Å². The summed E-state index contributed by atoms with van der Waals surface area (Å²) in [6.45, 7) is 9.97. The Bertz CT molecular complexity index is 463. The van der Waals surface area contributed by atoms with Gasteiger partial charge in [0.2, 0.25) is 0 Å². The second-order valence-electron chi connectivity index (χ2n) is 6.55. The number of hydrogen-bond donors (Lipinski definition) is 2. The van der Waals surface area contributed by atoms with Crippen molar-refractivity contribution in [2.24, 2.45) is 0 Å². The summed E-state index contributed by atoms with van der Waals surface area (Å²) in [6, 6.07) is 7.08. The number of rotatable bonds is 7. The summed E-state index contributed by atoms with van der Waals surface area (Å²) >= 11 is 0. The number of amides is 1. The molecule has 1 aromatic carbocycles. The number of aliphatic hydroxyl groups excluding tert-OH is 1. The summed E-state index contributed by atoms with van der Waals surface area (Å²) in [5, 5.41) is 12.0. The first kappa shape index (κ1) is 17.5. The van der Waals surface area contributed by atoms with Gasteiger partial charge in [0.25, 0.3) is 5.91 Å². The van der Waals surface area contributed by atoms with Gasteiger partial charge in [-0.1, -0.05) is 6.92 Å². The quantitative estimate of drug-likeness (QED) is 0.812. The minimum Gasteiger partial charge on any atom is -0.488 e. The van der Waals surface area contributed by atoms with Gasteiger partial charge >= 0.3 is 0 Å². The summed E-state index contributed by atoms with van der Waals surface area (Å²) in [5.74, 6) is 0.614. The lowest BCUT2D eigenvalue weighted by molar-refractivity contribution is 0.0765. The third-order valence-corrected chi connectivity index (χ3v) is 3.56. The molecule has 0 bridgehead atoms. The molecule has 0 heterocycles. The van der Waals surface area contributed by atoms with Crippen molar-refractivity contribution in [3.63, 3.8) is 0 Å². The van der Waals surface area contributed by atoms with Crippen LogP contribution in [0.5, 0.6) is 5.75 Å². The summed E-state index contributed by atoms with van der Waals surface area (Å²) in [4.78, 5) is 12.1.